The first-order chi connectivity index (χ1) is 7.63. The maximum absolute atomic E-state index is 11.2. The second kappa shape index (κ2) is 5.21. The zero-order chi connectivity index (χ0) is 11.5. The Bertz CT molecular complexity index is 383. The molecule has 0 aromatic carbocycles. The third-order valence-corrected chi connectivity index (χ3v) is 3.97. The van der Waals surface area contributed by atoms with Crippen LogP contribution in [-0.4, -0.2) is 43.7 Å². The molecule has 0 saturated carbocycles. The summed E-state index contributed by atoms with van der Waals surface area (Å²) in [4.78, 5) is 10.7. The van der Waals surface area contributed by atoms with Crippen LogP contribution < -0.4 is 0 Å². The summed E-state index contributed by atoms with van der Waals surface area (Å²) in [5.41, 5.74) is 0.885. The summed E-state index contributed by atoms with van der Waals surface area (Å²) in [6.07, 6.45) is 0. The largest absolute Gasteiger partial charge is 0.294 e. The van der Waals surface area contributed by atoms with Gasteiger partial charge >= 0.3 is 0 Å². The summed E-state index contributed by atoms with van der Waals surface area (Å²) in [7, 11) is -0.636. The van der Waals surface area contributed by atoms with Crippen molar-refractivity contribution in [2.24, 2.45) is 0 Å². The average Bonchev–Trinajstić information content (AvgIpc) is 2.20. The lowest BCUT2D eigenvalue weighted by Crippen LogP contribution is -2.37. The lowest BCUT2D eigenvalue weighted by atomic mass is 10.4. The Morgan fingerprint density at radius 1 is 1.44 bits per heavy atom. The highest BCUT2D eigenvalue weighted by molar-refractivity contribution is 7.85. The van der Waals surface area contributed by atoms with Gasteiger partial charge in [-0.15, -0.1) is 0 Å². The van der Waals surface area contributed by atoms with Crippen molar-refractivity contribution < 1.29 is 4.21 Å². The number of hydrogen-bond donors (Lipinski definition) is 0. The number of halogens is 1. The van der Waals surface area contributed by atoms with Crippen LogP contribution in [0.1, 0.15) is 11.5 Å². The van der Waals surface area contributed by atoms with Crippen LogP contribution in [0.2, 0.25) is 5.15 Å². The maximum Gasteiger partial charge on any atom is 0.144 e. The van der Waals surface area contributed by atoms with Gasteiger partial charge in [0, 0.05) is 41.1 Å². The number of aromatic nitrogens is 2. The summed E-state index contributed by atoms with van der Waals surface area (Å²) >= 11 is 5.87. The van der Waals surface area contributed by atoms with Crippen molar-refractivity contribution in [1.29, 1.82) is 0 Å². The van der Waals surface area contributed by atoms with Crippen LogP contribution >= 0.6 is 11.6 Å². The zero-order valence-corrected chi connectivity index (χ0v) is 10.7. The van der Waals surface area contributed by atoms with Gasteiger partial charge in [-0.1, -0.05) is 11.6 Å². The van der Waals surface area contributed by atoms with Gasteiger partial charge in [-0.3, -0.25) is 9.11 Å². The molecule has 1 aromatic rings. The Kier molecular flexibility index (Phi) is 3.89. The Morgan fingerprint density at radius 3 is 2.75 bits per heavy atom. The molecule has 1 aliphatic rings. The van der Waals surface area contributed by atoms with Crippen LogP contribution in [0.15, 0.2) is 6.07 Å². The van der Waals surface area contributed by atoms with Crippen molar-refractivity contribution >= 4 is 22.4 Å². The molecular weight excluding hydrogens is 246 g/mol. The molecule has 1 saturated heterocycles. The standard InChI is InChI=1S/C10H14ClN3OS/c1-8-6-9(11)13-10(12-8)7-14-2-4-16(15)5-3-14/h6H,2-5,7H2,1H3. The van der Waals surface area contributed by atoms with E-state index >= 15 is 0 Å². The SMILES string of the molecule is Cc1cc(Cl)nc(CN2CCS(=O)CC2)n1. The van der Waals surface area contributed by atoms with E-state index in [1.54, 1.807) is 6.07 Å². The van der Waals surface area contributed by atoms with Crippen molar-refractivity contribution in [2.45, 2.75) is 13.5 Å². The molecule has 0 spiro atoms. The normalized spacial score (nSPS) is 18.9. The maximum atomic E-state index is 11.2. The van der Waals surface area contributed by atoms with Crippen LogP contribution in [0.3, 0.4) is 0 Å². The number of hydrogen-bond acceptors (Lipinski definition) is 4. The van der Waals surface area contributed by atoms with E-state index < -0.39 is 10.8 Å². The summed E-state index contributed by atoms with van der Waals surface area (Å²) in [6, 6.07) is 1.75. The minimum atomic E-state index is -0.636. The van der Waals surface area contributed by atoms with Crippen LogP contribution in [0, 0.1) is 6.92 Å². The summed E-state index contributed by atoms with van der Waals surface area (Å²) in [6.45, 7) is 4.30. The minimum absolute atomic E-state index is 0.489. The van der Waals surface area contributed by atoms with Crippen molar-refractivity contribution in [3.8, 4) is 0 Å². The number of rotatable bonds is 2. The molecule has 1 fully saturated rings. The molecule has 0 bridgehead atoms. The highest BCUT2D eigenvalue weighted by Crippen LogP contribution is 2.09. The summed E-state index contributed by atoms with van der Waals surface area (Å²) in [5, 5.41) is 0.489. The summed E-state index contributed by atoms with van der Waals surface area (Å²) < 4.78 is 11.2. The van der Waals surface area contributed by atoms with Crippen LogP contribution in [0.25, 0.3) is 0 Å². The van der Waals surface area contributed by atoms with Crippen LogP contribution in [0.4, 0.5) is 0 Å². The second-order valence-electron chi connectivity index (χ2n) is 3.87. The smallest absolute Gasteiger partial charge is 0.144 e. The van der Waals surface area contributed by atoms with Gasteiger partial charge in [-0.25, -0.2) is 9.97 Å². The van der Waals surface area contributed by atoms with Gasteiger partial charge in [-0.2, -0.15) is 0 Å². The first kappa shape index (κ1) is 12.0. The van der Waals surface area contributed by atoms with Crippen LogP contribution in [-0.2, 0) is 17.3 Å². The molecule has 0 N–H and O–H groups in total. The predicted octanol–water partition coefficient (Wildman–Crippen LogP) is 1.00. The average molecular weight is 260 g/mol. The molecule has 16 heavy (non-hydrogen) atoms. The lowest BCUT2D eigenvalue weighted by Gasteiger charge is -2.25. The Balaban J connectivity index is 2.00. The number of aryl methyl sites for hydroxylation is 1. The monoisotopic (exact) mass is 259 g/mol. The number of nitrogens with zero attached hydrogens (tertiary/aromatic N) is 3. The Hall–Kier alpha value is -0.520. The molecule has 0 radical (unpaired) electrons. The van der Waals surface area contributed by atoms with E-state index in [0.29, 0.717) is 11.7 Å². The van der Waals surface area contributed by atoms with Gasteiger partial charge in [0.1, 0.15) is 11.0 Å². The van der Waals surface area contributed by atoms with Gasteiger partial charge < -0.3 is 0 Å². The van der Waals surface area contributed by atoms with E-state index in [-0.39, 0.29) is 0 Å². The van der Waals surface area contributed by atoms with Crippen molar-refractivity contribution in [3.05, 3.63) is 22.7 Å². The van der Waals surface area contributed by atoms with E-state index in [1.165, 1.54) is 0 Å². The molecule has 1 aromatic heterocycles. The molecule has 0 amide bonds. The first-order valence-electron chi connectivity index (χ1n) is 5.21. The van der Waals surface area contributed by atoms with E-state index in [1.807, 2.05) is 6.92 Å². The van der Waals surface area contributed by atoms with Crippen molar-refractivity contribution in [2.75, 3.05) is 24.6 Å². The fraction of sp³-hybridized carbons (Fsp3) is 0.600. The highest BCUT2D eigenvalue weighted by Gasteiger charge is 2.16. The van der Waals surface area contributed by atoms with Crippen LogP contribution in [0.5, 0.6) is 0 Å². The highest BCUT2D eigenvalue weighted by atomic mass is 35.5. The van der Waals surface area contributed by atoms with Gasteiger partial charge in [0.25, 0.3) is 0 Å². The third kappa shape index (κ3) is 3.23. The molecule has 1 aliphatic heterocycles. The fourth-order valence-electron chi connectivity index (χ4n) is 1.69. The Morgan fingerprint density at radius 2 is 2.12 bits per heavy atom. The summed E-state index contributed by atoms with van der Waals surface area (Å²) in [5.74, 6) is 2.25. The van der Waals surface area contributed by atoms with Gasteiger partial charge in [0.2, 0.25) is 0 Å². The van der Waals surface area contributed by atoms with Gasteiger partial charge in [0.05, 0.1) is 6.54 Å². The predicted molar refractivity (Wildman–Crippen MR) is 64.9 cm³/mol. The molecule has 6 heteroatoms. The van der Waals surface area contributed by atoms with E-state index in [4.69, 9.17) is 11.6 Å². The fourth-order valence-corrected chi connectivity index (χ4v) is 3.08. The second-order valence-corrected chi connectivity index (χ2v) is 5.96. The molecule has 0 aliphatic carbocycles. The molecule has 4 nitrogen and oxygen atoms in total. The topological polar surface area (TPSA) is 46.1 Å². The molecule has 0 atom stereocenters. The quantitative estimate of drug-likeness (QED) is 0.744. The van der Waals surface area contributed by atoms with Gasteiger partial charge in [0.15, 0.2) is 0 Å². The lowest BCUT2D eigenvalue weighted by molar-refractivity contribution is 0.284. The molecular formula is C10H14ClN3OS. The molecule has 88 valence electrons. The van der Waals surface area contributed by atoms with E-state index in [9.17, 15) is 4.21 Å². The third-order valence-electron chi connectivity index (χ3n) is 2.50. The van der Waals surface area contributed by atoms with Gasteiger partial charge in [-0.05, 0) is 13.0 Å². The Labute approximate surface area is 102 Å². The van der Waals surface area contributed by atoms with Crippen molar-refractivity contribution in [1.82, 2.24) is 14.9 Å². The molecule has 2 rings (SSSR count). The zero-order valence-electron chi connectivity index (χ0n) is 9.15. The molecule has 2 heterocycles. The first-order valence-corrected chi connectivity index (χ1v) is 7.07. The molecule has 0 unspecified atom stereocenters. The minimum Gasteiger partial charge on any atom is -0.294 e. The van der Waals surface area contributed by atoms with Crippen molar-refractivity contribution in [3.63, 3.8) is 0 Å². The van der Waals surface area contributed by atoms with E-state index in [2.05, 4.69) is 14.9 Å². The van der Waals surface area contributed by atoms with E-state index in [0.717, 1.165) is 36.1 Å².